The third-order valence-electron chi connectivity index (χ3n) is 2.52. The number of nitrogens with two attached hydrogens (primary N) is 1. The summed E-state index contributed by atoms with van der Waals surface area (Å²) in [6, 6.07) is 14.2. The van der Waals surface area contributed by atoms with Gasteiger partial charge in [0.25, 0.3) is 0 Å². The van der Waals surface area contributed by atoms with Gasteiger partial charge in [-0.05, 0) is 45.8 Å². The smallest absolute Gasteiger partial charge is 0.132 e. The Morgan fingerprint density at radius 2 is 1.94 bits per heavy atom. The summed E-state index contributed by atoms with van der Waals surface area (Å²) in [5.74, 6) is 0.886. The van der Waals surface area contributed by atoms with Crippen molar-refractivity contribution in [2.45, 2.75) is 16.3 Å². The van der Waals surface area contributed by atoms with E-state index in [4.69, 9.17) is 10.5 Å². The van der Waals surface area contributed by atoms with Crippen molar-refractivity contribution in [2.24, 2.45) is 5.73 Å². The molecule has 0 bridgehead atoms. The zero-order chi connectivity index (χ0) is 13.0. The van der Waals surface area contributed by atoms with Crippen LogP contribution in [0.5, 0.6) is 5.75 Å². The Morgan fingerprint density at radius 3 is 2.61 bits per heavy atom. The molecule has 0 spiro atoms. The number of hydrogen-bond acceptors (Lipinski definition) is 3. The topological polar surface area (TPSA) is 35.2 Å². The molecule has 0 unspecified atom stereocenters. The molecule has 2 nitrogen and oxygen atoms in total. The summed E-state index contributed by atoms with van der Waals surface area (Å²) in [5, 5.41) is 0. The second kappa shape index (κ2) is 6.27. The predicted molar refractivity (Wildman–Crippen MR) is 79.2 cm³/mol. The van der Waals surface area contributed by atoms with Crippen LogP contribution in [0.15, 0.2) is 56.7 Å². The second-order valence-corrected chi connectivity index (χ2v) is 5.66. The number of ether oxygens (including phenoxy) is 1. The van der Waals surface area contributed by atoms with Crippen molar-refractivity contribution in [3.63, 3.8) is 0 Å². The number of benzene rings is 2. The summed E-state index contributed by atoms with van der Waals surface area (Å²) in [4.78, 5) is 2.25. The second-order valence-electron chi connectivity index (χ2n) is 3.72. The fourth-order valence-electron chi connectivity index (χ4n) is 1.58. The fraction of sp³-hybridized carbons (Fsp3) is 0.143. The molecule has 0 radical (unpaired) electrons. The van der Waals surface area contributed by atoms with E-state index in [-0.39, 0.29) is 0 Å². The molecule has 94 valence electrons. The normalized spacial score (nSPS) is 10.4. The van der Waals surface area contributed by atoms with Crippen molar-refractivity contribution in [2.75, 3.05) is 7.11 Å². The lowest BCUT2D eigenvalue weighted by molar-refractivity contribution is 0.405. The summed E-state index contributed by atoms with van der Waals surface area (Å²) >= 11 is 5.25. The Kier molecular flexibility index (Phi) is 4.69. The molecule has 0 amide bonds. The molecule has 18 heavy (non-hydrogen) atoms. The van der Waals surface area contributed by atoms with Gasteiger partial charge in [-0.2, -0.15) is 0 Å². The molecule has 0 saturated carbocycles. The van der Waals surface area contributed by atoms with Crippen LogP contribution in [-0.2, 0) is 6.54 Å². The van der Waals surface area contributed by atoms with E-state index in [0.717, 1.165) is 25.6 Å². The quantitative estimate of drug-likeness (QED) is 0.921. The van der Waals surface area contributed by atoms with Crippen LogP contribution in [0.2, 0.25) is 0 Å². The minimum atomic E-state index is 0.554. The van der Waals surface area contributed by atoms with E-state index in [0.29, 0.717) is 6.54 Å². The largest absolute Gasteiger partial charge is 0.496 e. The van der Waals surface area contributed by atoms with Crippen LogP contribution >= 0.6 is 27.7 Å². The van der Waals surface area contributed by atoms with E-state index in [9.17, 15) is 0 Å². The van der Waals surface area contributed by atoms with Crippen LogP contribution < -0.4 is 10.5 Å². The Balaban J connectivity index is 2.28. The minimum absolute atomic E-state index is 0.554. The van der Waals surface area contributed by atoms with Gasteiger partial charge >= 0.3 is 0 Å². The molecule has 4 heteroatoms. The van der Waals surface area contributed by atoms with Gasteiger partial charge in [-0.15, -0.1) is 0 Å². The summed E-state index contributed by atoms with van der Waals surface area (Å²) in [5.41, 5.74) is 6.74. The average molecular weight is 324 g/mol. The van der Waals surface area contributed by atoms with E-state index in [1.54, 1.807) is 18.9 Å². The number of halogens is 1. The van der Waals surface area contributed by atoms with Crippen molar-refractivity contribution in [1.82, 2.24) is 0 Å². The molecular weight excluding hydrogens is 310 g/mol. The van der Waals surface area contributed by atoms with E-state index in [1.165, 1.54) is 0 Å². The van der Waals surface area contributed by atoms with E-state index in [2.05, 4.69) is 28.1 Å². The highest BCUT2D eigenvalue weighted by Crippen LogP contribution is 2.38. The molecule has 0 saturated heterocycles. The lowest BCUT2D eigenvalue weighted by Gasteiger charge is -2.09. The first-order valence-corrected chi connectivity index (χ1v) is 7.15. The molecule has 0 fully saturated rings. The van der Waals surface area contributed by atoms with Gasteiger partial charge in [-0.25, -0.2) is 0 Å². The van der Waals surface area contributed by atoms with Gasteiger partial charge in [-0.1, -0.05) is 30.0 Å². The highest BCUT2D eigenvalue weighted by Gasteiger charge is 2.07. The molecule has 0 aliphatic heterocycles. The van der Waals surface area contributed by atoms with Crippen molar-refractivity contribution in [1.29, 1.82) is 0 Å². The van der Waals surface area contributed by atoms with E-state index >= 15 is 0 Å². The van der Waals surface area contributed by atoms with Gasteiger partial charge in [0.15, 0.2) is 0 Å². The fourth-order valence-corrected chi connectivity index (χ4v) is 3.17. The number of methoxy groups -OCH3 is 1. The third-order valence-corrected chi connectivity index (χ3v) is 4.57. The van der Waals surface area contributed by atoms with E-state index < -0.39 is 0 Å². The predicted octanol–water partition coefficient (Wildman–Crippen LogP) is 4.07. The Bertz CT molecular complexity index is 545. The van der Waals surface area contributed by atoms with Crippen molar-refractivity contribution in [3.8, 4) is 5.75 Å². The summed E-state index contributed by atoms with van der Waals surface area (Å²) < 4.78 is 6.40. The van der Waals surface area contributed by atoms with Crippen LogP contribution in [0.4, 0.5) is 0 Å². The highest BCUT2D eigenvalue weighted by atomic mass is 79.9. The lowest BCUT2D eigenvalue weighted by Crippen LogP contribution is -1.95. The summed E-state index contributed by atoms with van der Waals surface area (Å²) in [6.45, 7) is 0.554. The Morgan fingerprint density at radius 1 is 1.17 bits per heavy atom. The highest BCUT2D eigenvalue weighted by molar-refractivity contribution is 9.10. The molecule has 2 N–H and O–H groups in total. The molecule has 0 heterocycles. The zero-order valence-electron chi connectivity index (χ0n) is 10.0. The standard InChI is InChI=1S/C14H14BrNOS/c1-17-12-4-2-3-5-14(12)18-13-7-6-10(9-16)8-11(13)15/h2-8H,9,16H2,1H3. The lowest BCUT2D eigenvalue weighted by atomic mass is 10.2. The summed E-state index contributed by atoms with van der Waals surface area (Å²) in [7, 11) is 1.69. The van der Waals surface area contributed by atoms with Crippen LogP contribution in [-0.4, -0.2) is 7.11 Å². The van der Waals surface area contributed by atoms with Crippen LogP contribution in [0, 0.1) is 0 Å². The number of rotatable bonds is 4. The number of para-hydroxylation sites is 1. The van der Waals surface area contributed by atoms with Gasteiger partial charge in [-0.3, -0.25) is 0 Å². The first-order chi connectivity index (χ1) is 8.74. The molecule has 0 aliphatic carbocycles. The first kappa shape index (κ1) is 13.5. The molecule has 2 rings (SSSR count). The van der Waals surface area contributed by atoms with Gasteiger partial charge < -0.3 is 10.5 Å². The van der Waals surface area contributed by atoms with Crippen molar-refractivity contribution < 1.29 is 4.74 Å². The van der Waals surface area contributed by atoms with Crippen LogP contribution in [0.1, 0.15) is 5.56 Å². The maximum Gasteiger partial charge on any atom is 0.132 e. The van der Waals surface area contributed by atoms with Crippen LogP contribution in [0.25, 0.3) is 0 Å². The molecule has 2 aromatic carbocycles. The monoisotopic (exact) mass is 323 g/mol. The average Bonchev–Trinajstić information content (AvgIpc) is 2.41. The summed E-state index contributed by atoms with van der Waals surface area (Å²) in [6.07, 6.45) is 0. The molecule has 0 aromatic heterocycles. The molecule has 0 atom stereocenters. The van der Waals surface area contributed by atoms with Gasteiger partial charge in [0.1, 0.15) is 5.75 Å². The third kappa shape index (κ3) is 3.07. The number of hydrogen-bond donors (Lipinski definition) is 1. The zero-order valence-corrected chi connectivity index (χ0v) is 12.4. The SMILES string of the molecule is COc1ccccc1Sc1ccc(CN)cc1Br. The molecular formula is C14H14BrNOS. The van der Waals surface area contributed by atoms with Gasteiger partial charge in [0.05, 0.1) is 12.0 Å². The Labute approximate surface area is 120 Å². The molecule has 0 aliphatic rings. The minimum Gasteiger partial charge on any atom is -0.496 e. The maximum absolute atomic E-state index is 5.62. The Hall–Kier alpha value is -0.970. The van der Waals surface area contributed by atoms with Crippen molar-refractivity contribution >= 4 is 27.7 Å². The molecule has 2 aromatic rings. The van der Waals surface area contributed by atoms with Crippen molar-refractivity contribution in [3.05, 3.63) is 52.5 Å². The van der Waals surface area contributed by atoms with E-state index in [1.807, 2.05) is 30.3 Å². The first-order valence-electron chi connectivity index (χ1n) is 5.54. The van der Waals surface area contributed by atoms with Gasteiger partial charge in [0.2, 0.25) is 0 Å². The maximum atomic E-state index is 5.62. The van der Waals surface area contributed by atoms with Gasteiger partial charge in [0, 0.05) is 15.9 Å². The van der Waals surface area contributed by atoms with Crippen LogP contribution in [0.3, 0.4) is 0 Å².